The molecule has 0 saturated carbocycles. The van der Waals surface area contributed by atoms with Crippen molar-refractivity contribution in [1.82, 2.24) is 19.7 Å². The van der Waals surface area contributed by atoms with Gasteiger partial charge in [-0.15, -0.1) is 11.3 Å². The number of alkyl halides is 3. The molecule has 21 heavy (non-hydrogen) atoms. The first-order valence-corrected chi connectivity index (χ1v) is 6.88. The highest BCUT2D eigenvalue weighted by Crippen LogP contribution is 2.32. The van der Waals surface area contributed by atoms with E-state index in [1.54, 1.807) is 0 Å². The molecule has 5 nitrogen and oxygen atoms in total. The normalized spacial score (nSPS) is 12.2. The van der Waals surface area contributed by atoms with Gasteiger partial charge in [0.1, 0.15) is 4.83 Å². The molecule has 0 spiro atoms. The van der Waals surface area contributed by atoms with Gasteiger partial charge in [0.2, 0.25) is 5.95 Å². The van der Waals surface area contributed by atoms with E-state index in [1.165, 1.54) is 11.3 Å². The molecule has 0 amide bonds. The van der Waals surface area contributed by atoms with Crippen LogP contribution in [-0.2, 0) is 12.6 Å². The highest BCUT2D eigenvalue weighted by Gasteiger charge is 2.32. The van der Waals surface area contributed by atoms with Gasteiger partial charge in [0, 0.05) is 11.1 Å². The topological polar surface area (TPSA) is 69.6 Å². The van der Waals surface area contributed by atoms with Gasteiger partial charge >= 0.3 is 6.18 Å². The van der Waals surface area contributed by atoms with E-state index in [4.69, 9.17) is 5.73 Å². The maximum Gasteiger partial charge on any atom is 0.419 e. The van der Waals surface area contributed by atoms with Crippen LogP contribution in [0.1, 0.15) is 17.4 Å². The van der Waals surface area contributed by atoms with Crippen molar-refractivity contribution in [1.29, 1.82) is 0 Å². The minimum atomic E-state index is -4.45. The molecule has 0 unspecified atom stereocenters. The number of hydrogen-bond donors (Lipinski definition) is 1. The Hall–Kier alpha value is -2.16. The van der Waals surface area contributed by atoms with E-state index in [1.807, 2.05) is 13.0 Å². The van der Waals surface area contributed by atoms with Gasteiger partial charge in [-0.25, -0.2) is 9.67 Å². The molecule has 2 N–H and O–H groups in total. The van der Waals surface area contributed by atoms with Gasteiger partial charge in [-0.3, -0.25) is 0 Å². The average Bonchev–Trinajstić information content (AvgIpc) is 3.03. The fraction of sp³-hybridized carbons (Fsp3) is 0.250. The van der Waals surface area contributed by atoms with E-state index in [9.17, 15) is 13.2 Å². The smallest absolute Gasteiger partial charge is 0.368 e. The summed E-state index contributed by atoms with van der Waals surface area (Å²) < 4.78 is 39.1. The number of fused-ring (bicyclic) bond motifs is 1. The molecule has 0 aromatic carbocycles. The lowest BCUT2D eigenvalue weighted by Crippen LogP contribution is -2.05. The van der Waals surface area contributed by atoms with E-state index in [0.717, 1.165) is 28.4 Å². The van der Waals surface area contributed by atoms with Crippen LogP contribution in [0, 0.1) is 0 Å². The summed E-state index contributed by atoms with van der Waals surface area (Å²) >= 11 is 1.44. The number of hydrogen-bond acceptors (Lipinski definition) is 5. The fourth-order valence-corrected chi connectivity index (χ4v) is 2.88. The summed E-state index contributed by atoms with van der Waals surface area (Å²) in [6.45, 7) is 1.98. The van der Waals surface area contributed by atoms with Gasteiger partial charge in [-0.2, -0.15) is 23.3 Å². The lowest BCUT2D eigenvalue weighted by Gasteiger charge is -2.03. The van der Waals surface area contributed by atoms with Crippen molar-refractivity contribution in [2.75, 3.05) is 5.73 Å². The Morgan fingerprint density at radius 1 is 1.33 bits per heavy atom. The minimum absolute atomic E-state index is 0.00561. The van der Waals surface area contributed by atoms with Crippen molar-refractivity contribution in [3.05, 3.63) is 28.9 Å². The van der Waals surface area contributed by atoms with Gasteiger partial charge in [0.25, 0.3) is 0 Å². The Morgan fingerprint density at radius 2 is 2.10 bits per heavy atom. The zero-order valence-electron chi connectivity index (χ0n) is 10.8. The number of aryl methyl sites for hydroxylation is 1. The Kier molecular flexibility index (Phi) is 3.08. The van der Waals surface area contributed by atoms with Crippen LogP contribution in [0.2, 0.25) is 0 Å². The number of aromatic nitrogens is 4. The highest BCUT2D eigenvalue weighted by atomic mass is 32.1. The van der Waals surface area contributed by atoms with Gasteiger partial charge in [0.05, 0.1) is 17.1 Å². The monoisotopic (exact) mass is 313 g/mol. The third-order valence-corrected chi connectivity index (χ3v) is 4.09. The molecule has 9 heteroatoms. The van der Waals surface area contributed by atoms with Gasteiger partial charge in [-0.1, -0.05) is 6.92 Å². The first-order chi connectivity index (χ1) is 9.88. The second kappa shape index (κ2) is 4.69. The molecular formula is C12H10F3N5S. The number of nitrogen functional groups attached to an aromatic ring is 1. The maximum atomic E-state index is 12.7. The molecule has 3 rings (SSSR count). The van der Waals surface area contributed by atoms with Crippen LogP contribution in [0.3, 0.4) is 0 Å². The quantitative estimate of drug-likeness (QED) is 0.789. The van der Waals surface area contributed by atoms with E-state index in [-0.39, 0.29) is 11.8 Å². The second-order valence-electron chi connectivity index (χ2n) is 4.36. The molecule has 0 fully saturated rings. The average molecular weight is 313 g/mol. The van der Waals surface area contributed by atoms with Crippen molar-refractivity contribution < 1.29 is 13.2 Å². The summed E-state index contributed by atoms with van der Waals surface area (Å²) in [6, 6.07) is 1.85. The summed E-state index contributed by atoms with van der Waals surface area (Å²) in [6.07, 6.45) is -1.99. The lowest BCUT2D eigenvalue weighted by molar-refractivity contribution is -0.137. The van der Waals surface area contributed by atoms with E-state index in [2.05, 4.69) is 15.1 Å². The van der Waals surface area contributed by atoms with Gasteiger partial charge in [0.15, 0.2) is 5.82 Å². The fourth-order valence-electron chi connectivity index (χ4n) is 1.91. The predicted octanol–water partition coefficient (Wildman–Crippen LogP) is 3.04. The molecular weight excluding hydrogens is 303 g/mol. The van der Waals surface area contributed by atoms with Crippen molar-refractivity contribution in [3.63, 3.8) is 0 Å². The van der Waals surface area contributed by atoms with Crippen LogP contribution >= 0.6 is 11.3 Å². The molecule has 0 radical (unpaired) electrons. The predicted molar refractivity (Wildman–Crippen MR) is 73.3 cm³/mol. The second-order valence-corrected chi connectivity index (χ2v) is 5.48. The molecule has 0 bridgehead atoms. The number of nitrogens with zero attached hydrogens (tertiary/aromatic N) is 4. The third kappa shape index (κ3) is 2.44. The summed E-state index contributed by atoms with van der Waals surface area (Å²) in [4.78, 5) is 9.82. The number of thiophene rings is 1. The van der Waals surface area contributed by atoms with E-state index in [0.29, 0.717) is 10.2 Å². The van der Waals surface area contributed by atoms with E-state index < -0.39 is 11.7 Å². The summed E-state index contributed by atoms with van der Waals surface area (Å²) in [5.74, 6) is 0.259. The molecule has 110 valence electrons. The first kappa shape index (κ1) is 13.8. The molecule has 3 heterocycles. The Labute approximate surface area is 121 Å². The van der Waals surface area contributed by atoms with Gasteiger partial charge in [-0.05, 0) is 12.5 Å². The summed E-state index contributed by atoms with van der Waals surface area (Å²) in [5, 5.41) is 4.38. The SMILES string of the molecule is CCc1cc2c(-n3cc(C(F)(F)F)cn3)nc(N)nc2s1. The Bertz CT molecular complexity index is 805. The van der Waals surface area contributed by atoms with Crippen molar-refractivity contribution in [3.8, 4) is 5.82 Å². The molecule has 0 aliphatic heterocycles. The molecule has 0 aliphatic carbocycles. The van der Waals surface area contributed by atoms with Crippen LogP contribution in [0.25, 0.3) is 16.0 Å². The number of anilines is 1. The van der Waals surface area contributed by atoms with Crippen LogP contribution < -0.4 is 5.73 Å². The standard InChI is InChI=1S/C12H10F3N5S/c1-2-7-3-8-9(18-11(16)19-10(8)21-7)20-5-6(4-17-20)12(13,14)15/h3-5H,2H2,1H3,(H2,16,18,19). The lowest BCUT2D eigenvalue weighted by atomic mass is 10.3. The summed E-state index contributed by atoms with van der Waals surface area (Å²) in [5.41, 5.74) is 4.79. The van der Waals surface area contributed by atoms with E-state index >= 15 is 0 Å². The Morgan fingerprint density at radius 3 is 2.71 bits per heavy atom. The number of nitrogens with two attached hydrogens (primary N) is 1. The molecule has 0 aliphatic rings. The zero-order chi connectivity index (χ0) is 15.2. The number of halogens is 3. The van der Waals surface area contributed by atoms with Crippen molar-refractivity contribution in [2.45, 2.75) is 19.5 Å². The molecule has 3 aromatic heterocycles. The van der Waals surface area contributed by atoms with Crippen LogP contribution in [0.15, 0.2) is 18.5 Å². The summed E-state index contributed by atoms with van der Waals surface area (Å²) in [7, 11) is 0. The van der Waals surface area contributed by atoms with Gasteiger partial charge < -0.3 is 5.73 Å². The number of rotatable bonds is 2. The molecule has 0 atom stereocenters. The van der Waals surface area contributed by atoms with Crippen LogP contribution in [-0.4, -0.2) is 19.7 Å². The van der Waals surface area contributed by atoms with Crippen LogP contribution in [0.4, 0.5) is 19.1 Å². The van der Waals surface area contributed by atoms with Crippen LogP contribution in [0.5, 0.6) is 0 Å². The first-order valence-electron chi connectivity index (χ1n) is 6.06. The molecule has 3 aromatic rings. The Balaban J connectivity index is 2.19. The van der Waals surface area contributed by atoms with Crippen molar-refractivity contribution in [2.24, 2.45) is 0 Å². The highest BCUT2D eigenvalue weighted by molar-refractivity contribution is 7.18. The minimum Gasteiger partial charge on any atom is -0.368 e. The largest absolute Gasteiger partial charge is 0.419 e. The zero-order valence-corrected chi connectivity index (χ0v) is 11.7. The third-order valence-electron chi connectivity index (χ3n) is 2.92. The molecule has 0 saturated heterocycles. The van der Waals surface area contributed by atoms with Crippen molar-refractivity contribution >= 4 is 27.5 Å². The maximum absolute atomic E-state index is 12.7.